The molecular weight excluding hydrogens is 410 g/mol. The van der Waals surface area contributed by atoms with Gasteiger partial charge in [-0.25, -0.2) is 0 Å². The number of ether oxygens (including phenoxy) is 2. The van der Waals surface area contributed by atoms with Crippen LogP contribution in [0.4, 0.5) is 0 Å². The van der Waals surface area contributed by atoms with Crippen LogP contribution in [0, 0.1) is 5.41 Å². The van der Waals surface area contributed by atoms with Gasteiger partial charge in [-0.2, -0.15) is 0 Å². The summed E-state index contributed by atoms with van der Waals surface area (Å²) >= 11 is 0. The van der Waals surface area contributed by atoms with E-state index in [0.29, 0.717) is 43.0 Å². The predicted molar refractivity (Wildman–Crippen MR) is 117 cm³/mol. The van der Waals surface area contributed by atoms with E-state index >= 15 is 0 Å². The SMILES string of the molecule is COc1ccc(CNC(=O)[C@@H]2C[C@]3(CCN(C(=O)c4ccccc4)C3)C(=O)N2)c(OC)c1. The van der Waals surface area contributed by atoms with Crippen molar-refractivity contribution < 1.29 is 23.9 Å². The van der Waals surface area contributed by atoms with E-state index in [1.54, 1.807) is 43.4 Å². The van der Waals surface area contributed by atoms with Crippen molar-refractivity contribution in [1.29, 1.82) is 0 Å². The number of hydrogen-bond acceptors (Lipinski definition) is 5. The summed E-state index contributed by atoms with van der Waals surface area (Å²) in [5.74, 6) is 0.777. The minimum absolute atomic E-state index is 0.0882. The fourth-order valence-corrected chi connectivity index (χ4v) is 4.47. The summed E-state index contributed by atoms with van der Waals surface area (Å²) in [6, 6.07) is 13.8. The number of benzene rings is 2. The monoisotopic (exact) mass is 437 g/mol. The molecule has 0 aromatic heterocycles. The molecule has 0 saturated carbocycles. The Balaban J connectivity index is 1.37. The first kappa shape index (κ1) is 21.7. The largest absolute Gasteiger partial charge is 0.497 e. The van der Waals surface area contributed by atoms with E-state index in [-0.39, 0.29) is 24.3 Å². The van der Waals surface area contributed by atoms with Crippen molar-refractivity contribution in [3.63, 3.8) is 0 Å². The van der Waals surface area contributed by atoms with Crippen LogP contribution in [0.5, 0.6) is 11.5 Å². The number of carbonyl (C=O) groups excluding carboxylic acids is 3. The maximum absolute atomic E-state index is 12.8. The highest BCUT2D eigenvalue weighted by Gasteiger charge is 2.53. The zero-order chi connectivity index (χ0) is 22.7. The van der Waals surface area contributed by atoms with Crippen LogP contribution in [0.3, 0.4) is 0 Å². The number of amides is 3. The summed E-state index contributed by atoms with van der Waals surface area (Å²) < 4.78 is 10.6. The first-order valence-electron chi connectivity index (χ1n) is 10.6. The molecule has 2 N–H and O–H groups in total. The Morgan fingerprint density at radius 1 is 1.16 bits per heavy atom. The molecule has 2 atom stereocenters. The lowest BCUT2D eigenvalue weighted by Gasteiger charge is -2.21. The summed E-state index contributed by atoms with van der Waals surface area (Å²) in [6.07, 6.45) is 0.920. The average molecular weight is 437 g/mol. The van der Waals surface area contributed by atoms with Crippen molar-refractivity contribution in [2.24, 2.45) is 5.41 Å². The second-order valence-electron chi connectivity index (χ2n) is 8.25. The van der Waals surface area contributed by atoms with Gasteiger partial charge >= 0.3 is 0 Å². The van der Waals surface area contributed by atoms with Crippen LogP contribution in [0.2, 0.25) is 0 Å². The highest BCUT2D eigenvalue weighted by molar-refractivity contribution is 5.97. The van der Waals surface area contributed by atoms with Gasteiger partial charge in [-0.3, -0.25) is 14.4 Å². The third-order valence-corrected chi connectivity index (χ3v) is 6.31. The fraction of sp³-hybridized carbons (Fsp3) is 0.375. The number of hydrogen-bond donors (Lipinski definition) is 2. The number of likely N-dealkylation sites (tertiary alicyclic amines) is 1. The van der Waals surface area contributed by atoms with Crippen LogP contribution < -0.4 is 20.1 Å². The summed E-state index contributed by atoms with van der Waals surface area (Å²) in [6.45, 7) is 1.09. The van der Waals surface area contributed by atoms with Crippen LogP contribution in [0.1, 0.15) is 28.8 Å². The van der Waals surface area contributed by atoms with E-state index in [1.165, 1.54) is 0 Å². The van der Waals surface area contributed by atoms with E-state index in [9.17, 15) is 14.4 Å². The topological polar surface area (TPSA) is 97.0 Å². The minimum Gasteiger partial charge on any atom is -0.497 e. The van der Waals surface area contributed by atoms with Crippen LogP contribution in [-0.2, 0) is 16.1 Å². The average Bonchev–Trinajstić information content (AvgIpc) is 3.41. The molecule has 4 rings (SSSR count). The molecule has 0 unspecified atom stereocenters. The molecule has 2 aliphatic rings. The summed E-state index contributed by atoms with van der Waals surface area (Å²) in [7, 11) is 3.13. The standard InChI is InChI=1S/C24H27N3O5/c1-31-18-9-8-17(20(12-18)32-2)14-25-21(28)19-13-24(23(30)26-19)10-11-27(15-24)22(29)16-6-4-3-5-7-16/h3-9,12,19H,10-11,13-15H2,1-2H3,(H,25,28)(H,26,30)/t19-,24-/m0/s1. The molecule has 32 heavy (non-hydrogen) atoms. The third-order valence-electron chi connectivity index (χ3n) is 6.31. The molecule has 2 heterocycles. The van der Waals surface area contributed by atoms with Gasteiger partial charge in [0.15, 0.2) is 0 Å². The van der Waals surface area contributed by atoms with Gasteiger partial charge in [0, 0.05) is 36.8 Å². The van der Waals surface area contributed by atoms with Crippen LogP contribution in [0.15, 0.2) is 48.5 Å². The van der Waals surface area contributed by atoms with Crippen molar-refractivity contribution in [3.05, 3.63) is 59.7 Å². The molecule has 0 aliphatic carbocycles. The van der Waals surface area contributed by atoms with E-state index < -0.39 is 11.5 Å². The smallest absolute Gasteiger partial charge is 0.253 e. The summed E-state index contributed by atoms with van der Waals surface area (Å²) in [4.78, 5) is 40.1. The Hall–Kier alpha value is -3.55. The molecule has 2 aliphatic heterocycles. The zero-order valence-electron chi connectivity index (χ0n) is 18.2. The lowest BCUT2D eigenvalue weighted by atomic mass is 9.84. The van der Waals surface area contributed by atoms with Crippen LogP contribution >= 0.6 is 0 Å². The van der Waals surface area contributed by atoms with Crippen molar-refractivity contribution in [2.45, 2.75) is 25.4 Å². The first-order valence-corrected chi connectivity index (χ1v) is 10.6. The maximum atomic E-state index is 12.8. The van der Waals surface area contributed by atoms with E-state index in [4.69, 9.17) is 9.47 Å². The molecular formula is C24H27N3O5. The van der Waals surface area contributed by atoms with Crippen molar-refractivity contribution in [1.82, 2.24) is 15.5 Å². The van der Waals surface area contributed by atoms with Crippen molar-refractivity contribution >= 4 is 17.7 Å². The van der Waals surface area contributed by atoms with Gasteiger partial charge in [0.25, 0.3) is 5.91 Å². The molecule has 3 amide bonds. The molecule has 0 bridgehead atoms. The highest BCUT2D eigenvalue weighted by atomic mass is 16.5. The van der Waals surface area contributed by atoms with Crippen LogP contribution in [-0.4, -0.2) is 56.0 Å². The fourth-order valence-electron chi connectivity index (χ4n) is 4.47. The molecule has 8 heteroatoms. The maximum Gasteiger partial charge on any atom is 0.253 e. The molecule has 2 aromatic carbocycles. The second kappa shape index (κ2) is 8.90. The third kappa shape index (κ3) is 4.12. The number of nitrogens with one attached hydrogen (secondary N) is 2. The molecule has 2 saturated heterocycles. The quantitative estimate of drug-likeness (QED) is 0.718. The minimum atomic E-state index is -0.718. The van der Waals surface area contributed by atoms with E-state index in [0.717, 1.165) is 5.56 Å². The van der Waals surface area contributed by atoms with Crippen molar-refractivity contribution in [2.75, 3.05) is 27.3 Å². The Morgan fingerprint density at radius 2 is 1.94 bits per heavy atom. The van der Waals surface area contributed by atoms with Gasteiger partial charge in [0.2, 0.25) is 11.8 Å². The highest BCUT2D eigenvalue weighted by Crippen LogP contribution is 2.40. The Labute approximate surface area is 186 Å². The molecule has 8 nitrogen and oxygen atoms in total. The van der Waals surface area contributed by atoms with E-state index in [1.807, 2.05) is 24.3 Å². The predicted octanol–water partition coefficient (Wildman–Crippen LogP) is 1.74. The zero-order valence-corrected chi connectivity index (χ0v) is 18.2. The van der Waals surface area contributed by atoms with Crippen LogP contribution in [0.25, 0.3) is 0 Å². The number of carbonyl (C=O) groups is 3. The van der Waals surface area contributed by atoms with Crippen molar-refractivity contribution in [3.8, 4) is 11.5 Å². The molecule has 168 valence electrons. The Bertz CT molecular complexity index is 1030. The number of rotatable bonds is 6. The second-order valence-corrected chi connectivity index (χ2v) is 8.25. The molecule has 2 fully saturated rings. The molecule has 0 radical (unpaired) electrons. The Morgan fingerprint density at radius 3 is 2.66 bits per heavy atom. The van der Waals surface area contributed by atoms with E-state index in [2.05, 4.69) is 10.6 Å². The van der Waals surface area contributed by atoms with Gasteiger partial charge in [0.1, 0.15) is 17.5 Å². The van der Waals surface area contributed by atoms with Gasteiger partial charge in [-0.15, -0.1) is 0 Å². The number of methoxy groups -OCH3 is 2. The molecule has 2 aromatic rings. The number of nitrogens with zero attached hydrogens (tertiary/aromatic N) is 1. The lowest BCUT2D eigenvalue weighted by molar-refractivity contribution is -0.128. The normalized spacial score (nSPS) is 22.0. The molecule has 1 spiro atoms. The Kier molecular flexibility index (Phi) is 6.03. The van der Waals surface area contributed by atoms with Gasteiger partial charge in [-0.1, -0.05) is 18.2 Å². The van der Waals surface area contributed by atoms with Gasteiger partial charge in [0.05, 0.1) is 19.6 Å². The first-order chi connectivity index (χ1) is 15.5. The van der Waals surface area contributed by atoms with Gasteiger partial charge in [-0.05, 0) is 37.1 Å². The summed E-state index contributed by atoms with van der Waals surface area (Å²) in [5, 5.41) is 5.71. The van der Waals surface area contributed by atoms with Gasteiger partial charge < -0.3 is 25.0 Å². The summed E-state index contributed by atoms with van der Waals surface area (Å²) in [5.41, 5.74) is 0.691. The lowest BCUT2D eigenvalue weighted by Crippen LogP contribution is -2.41.